The van der Waals surface area contributed by atoms with E-state index in [2.05, 4.69) is 17.3 Å². The van der Waals surface area contributed by atoms with Gasteiger partial charge in [0.15, 0.2) is 0 Å². The van der Waals surface area contributed by atoms with Gasteiger partial charge in [-0.25, -0.2) is 9.07 Å². The number of rotatable bonds is 5. The van der Waals surface area contributed by atoms with Gasteiger partial charge in [-0.2, -0.15) is 5.10 Å². The Hall–Kier alpha value is -1.39. The fourth-order valence-electron chi connectivity index (χ4n) is 1.88. The summed E-state index contributed by atoms with van der Waals surface area (Å²) in [6.07, 6.45) is 2.78. The SMILES string of the molecule is CCCNCc1cc(F)ccc1-n1cc(Cl)c(C)n1. The minimum atomic E-state index is -0.243. The van der Waals surface area contributed by atoms with Crippen molar-refractivity contribution in [2.24, 2.45) is 0 Å². The highest BCUT2D eigenvalue weighted by Gasteiger charge is 2.09. The lowest BCUT2D eigenvalue weighted by Crippen LogP contribution is -2.16. The summed E-state index contributed by atoms with van der Waals surface area (Å²) in [5.41, 5.74) is 2.48. The van der Waals surface area contributed by atoms with Crippen LogP contribution in [0, 0.1) is 12.7 Å². The van der Waals surface area contributed by atoms with Gasteiger partial charge in [-0.1, -0.05) is 18.5 Å². The van der Waals surface area contributed by atoms with Crippen LogP contribution in [0.3, 0.4) is 0 Å². The van der Waals surface area contributed by atoms with E-state index in [1.807, 2.05) is 6.92 Å². The van der Waals surface area contributed by atoms with Gasteiger partial charge in [0.1, 0.15) is 5.82 Å². The van der Waals surface area contributed by atoms with E-state index in [9.17, 15) is 4.39 Å². The minimum Gasteiger partial charge on any atom is -0.313 e. The van der Waals surface area contributed by atoms with Gasteiger partial charge in [-0.15, -0.1) is 0 Å². The first kappa shape index (κ1) is 14.0. The maximum Gasteiger partial charge on any atom is 0.123 e. The quantitative estimate of drug-likeness (QED) is 0.851. The van der Waals surface area contributed by atoms with Crippen molar-refractivity contribution in [1.82, 2.24) is 15.1 Å². The van der Waals surface area contributed by atoms with Crippen LogP contribution in [0.25, 0.3) is 5.69 Å². The van der Waals surface area contributed by atoms with E-state index in [1.165, 1.54) is 12.1 Å². The van der Waals surface area contributed by atoms with Crippen LogP contribution >= 0.6 is 11.6 Å². The van der Waals surface area contributed by atoms with E-state index in [0.717, 1.165) is 29.9 Å². The number of hydrogen-bond donors (Lipinski definition) is 1. The topological polar surface area (TPSA) is 29.9 Å². The molecule has 2 rings (SSSR count). The highest BCUT2D eigenvalue weighted by molar-refractivity contribution is 6.31. The number of aromatic nitrogens is 2. The normalized spacial score (nSPS) is 10.9. The first-order chi connectivity index (χ1) is 9.11. The molecule has 0 atom stereocenters. The van der Waals surface area contributed by atoms with Crippen molar-refractivity contribution in [2.75, 3.05) is 6.54 Å². The summed E-state index contributed by atoms with van der Waals surface area (Å²) in [5.74, 6) is -0.243. The summed E-state index contributed by atoms with van der Waals surface area (Å²) in [6, 6.07) is 4.69. The van der Waals surface area contributed by atoms with Gasteiger partial charge in [0.25, 0.3) is 0 Å². The van der Waals surface area contributed by atoms with Crippen LogP contribution in [0.15, 0.2) is 24.4 Å². The van der Waals surface area contributed by atoms with E-state index in [4.69, 9.17) is 11.6 Å². The molecule has 0 amide bonds. The Balaban J connectivity index is 2.33. The summed E-state index contributed by atoms with van der Waals surface area (Å²) in [7, 11) is 0. The molecule has 0 aliphatic rings. The first-order valence-electron chi connectivity index (χ1n) is 6.33. The van der Waals surface area contributed by atoms with Gasteiger partial charge >= 0.3 is 0 Å². The smallest absolute Gasteiger partial charge is 0.123 e. The zero-order valence-corrected chi connectivity index (χ0v) is 11.8. The Bertz CT molecular complexity index is 546. The van der Waals surface area contributed by atoms with Crippen molar-refractivity contribution in [1.29, 1.82) is 0 Å². The summed E-state index contributed by atoms with van der Waals surface area (Å²) in [6.45, 7) is 5.44. The van der Waals surface area contributed by atoms with Gasteiger partial charge in [0, 0.05) is 12.7 Å². The predicted octanol–water partition coefficient (Wildman–Crippen LogP) is 3.47. The van der Waals surface area contributed by atoms with Gasteiger partial charge in [-0.05, 0) is 43.7 Å². The molecule has 0 aliphatic heterocycles. The Morgan fingerprint density at radius 2 is 2.21 bits per heavy atom. The molecule has 19 heavy (non-hydrogen) atoms. The number of hydrogen-bond acceptors (Lipinski definition) is 2. The molecule has 102 valence electrons. The fourth-order valence-corrected chi connectivity index (χ4v) is 2.01. The minimum absolute atomic E-state index is 0.243. The van der Waals surface area contributed by atoms with Gasteiger partial charge < -0.3 is 5.32 Å². The van der Waals surface area contributed by atoms with E-state index < -0.39 is 0 Å². The van der Waals surface area contributed by atoms with Gasteiger partial charge in [0.05, 0.1) is 16.4 Å². The maximum absolute atomic E-state index is 13.4. The predicted molar refractivity (Wildman–Crippen MR) is 75.3 cm³/mol. The molecule has 0 saturated carbocycles. The Morgan fingerprint density at radius 3 is 2.84 bits per heavy atom. The third-order valence-electron chi connectivity index (χ3n) is 2.87. The second kappa shape index (κ2) is 6.17. The number of nitrogens with one attached hydrogen (secondary N) is 1. The van der Waals surface area contributed by atoms with E-state index in [-0.39, 0.29) is 5.82 Å². The van der Waals surface area contributed by atoms with Gasteiger partial charge in [-0.3, -0.25) is 0 Å². The second-order valence-corrected chi connectivity index (χ2v) is 4.86. The second-order valence-electron chi connectivity index (χ2n) is 4.46. The van der Waals surface area contributed by atoms with Crippen LogP contribution in [-0.2, 0) is 6.54 Å². The van der Waals surface area contributed by atoms with Crippen molar-refractivity contribution in [2.45, 2.75) is 26.8 Å². The summed E-state index contributed by atoms with van der Waals surface area (Å²) in [5, 5.41) is 8.21. The molecule has 0 fully saturated rings. The van der Waals surface area contributed by atoms with Crippen molar-refractivity contribution < 1.29 is 4.39 Å². The molecule has 0 saturated heterocycles. The fraction of sp³-hybridized carbons (Fsp3) is 0.357. The number of nitrogens with zero attached hydrogens (tertiary/aromatic N) is 2. The van der Waals surface area contributed by atoms with E-state index >= 15 is 0 Å². The molecule has 2 aromatic rings. The molecule has 0 radical (unpaired) electrons. The van der Waals surface area contributed by atoms with Crippen molar-refractivity contribution in [3.8, 4) is 5.69 Å². The monoisotopic (exact) mass is 281 g/mol. The molecule has 0 bridgehead atoms. The standard InChI is InChI=1S/C14H17ClFN3/c1-3-6-17-8-11-7-12(16)4-5-14(11)19-9-13(15)10(2)18-19/h4-5,7,9,17H,3,6,8H2,1-2H3. The van der Waals surface area contributed by atoms with Crippen molar-refractivity contribution >= 4 is 11.6 Å². The molecule has 5 heteroatoms. The average molecular weight is 282 g/mol. The van der Waals surface area contributed by atoms with E-state index in [0.29, 0.717) is 11.6 Å². The molecule has 0 spiro atoms. The molecule has 1 aromatic heterocycles. The molecule has 1 aromatic carbocycles. The molecule has 1 N–H and O–H groups in total. The van der Waals surface area contributed by atoms with Crippen molar-refractivity contribution in [3.05, 3.63) is 46.5 Å². The Kier molecular flexibility index (Phi) is 4.56. The number of aryl methyl sites for hydroxylation is 1. The lowest BCUT2D eigenvalue weighted by molar-refractivity contribution is 0.616. The summed E-state index contributed by atoms with van der Waals surface area (Å²) >= 11 is 6.02. The molecule has 1 heterocycles. The largest absolute Gasteiger partial charge is 0.313 e. The number of benzene rings is 1. The van der Waals surface area contributed by atoms with Crippen LogP contribution in [0.2, 0.25) is 5.02 Å². The van der Waals surface area contributed by atoms with E-state index in [1.54, 1.807) is 16.9 Å². The molecule has 3 nitrogen and oxygen atoms in total. The first-order valence-corrected chi connectivity index (χ1v) is 6.71. The maximum atomic E-state index is 13.4. The molecule has 0 aliphatic carbocycles. The molecular weight excluding hydrogens is 265 g/mol. The zero-order valence-electron chi connectivity index (χ0n) is 11.1. The van der Waals surface area contributed by atoms with Crippen LogP contribution in [-0.4, -0.2) is 16.3 Å². The third kappa shape index (κ3) is 3.33. The molecular formula is C14H17ClFN3. The highest BCUT2D eigenvalue weighted by atomic mass is 35.5. The van der Waals surface area contributed by atoms with Crippen LogP contribution in [0.1, 0.15) is 24.6 Å². The summed E-state index contributed by atoms with van der Waals surface area (Å²) < 4.78 is 15.1. The highest BCUT2D eigenvalue weighted by Crippen LogP contribution is 2.20. The van der Waals surface area contributed by atoms with Crippen LogP contribution in [0.5, 0.6) is 0 Å². The number of halogens is 2. The lowest BCUT2D eigenvalue weighted by atomic mass is 10.1. The average Bonchev–Trinajstić information content (AvgIpc) is 2.70. The zero-order chi connectivity index (χ0) is 13.8. The Labute approximate surface area is 117 Å². The third-order valence-corrected chi connectivity index (χ3v) is 3.24. The van der Waals surface area contributed by atoms with Gasteiger partial charge in [0.2, 0.25) is 0 Å². The lowest BCUT2D eigenvalue weighted by Gasteiger charge is -2.10. The summed E-state index contributed by atoms with van der Waals surface area (Å²) in [4.78, 5) is 0. The van der Waals surface area contributed by atoms with Crippen LogP contribution < -0.4 is 5.32 Å². The van der Waals surface area contributed by atoms with Crippen LogP contribution in [0.4, 0.5) is 4.39 Å². The Morgan fingerprint density at radius 1 is 1.42 bits per heavy atom. The molecule has 0 unspecified atom stereocenters. The van der Waals surface area contributed by atoms with Crippen molar-refractivity contribution in [3.63, 3.8) is 0 Å².